The summed E-state index contributed by atoms with van der Waals surface area (Å²) in [4.78, 5) is 12.8. The average molecular weight is 326 g/mol. The van der Waals surface area contributed by atoms with Crippen molar-refractivity contribution in [2.75, 3.05) is 7.11 Å². The number of fused-ring (bicyclic) bond motifs is 8. The van der Waals surface area contributed by atoms with E-state index in [0.29, 0.717) is 11.0 Å². The smallest absolute Gasteiger partial charge is 0.344 e. The average Bonchev–Trinajstić information content (AvgIpc) is 2.67. The third kappa shape index (κ3) is 1.89. The van der Waals surface area contributed by atoms with E-state index in [9.17, 15) is 4.79 Å². The minimum absolute atomic E-state index is 0.303. The van der Waals surface area contributed by atoms with Gasteiger partial charge in [-0.2, -0.15) is 0 Å². The number of rotatable bonds is 1. The fourth-order valence-corrected chi connectivity index (χ4v) is 3.70. The molecule has 4 aromatic carbocycles. The molecule has 1 aromatic heterocycles. The highest BCUT2D eigenvalue weighted by atomic mass is 16.5. The monoisotopic (exact) mass is 326 g/mol. The lowest BCUT2D eigenvalue weighted by molar-refractivity contribution is 0.415. The van der Waals surface area contributed by atoms with Crippen LogP contribution in [-0.2, 0) is 0 Å². The molecule has 25 heavy (non-hydrogen) atoms. The van der Waals surface area contributed by atoms with Crippen LogP contribution in [0.25, 0.3) is 43.3 Å². The highest BCUT2D eigenvalue weighted by Crippen LogP contribution is 2.38. The lowest BCUT2D eigenvalue weighted by Crippen LogP contribution is -2.01. The van der Waals surface area contributed by atoms with Crippen molar-refractivity contribution < 1.29 is 9.15 Å². The lowest BCUT2D eigenvalue weighted by Gasteiger charge is -2.12. The Balaban J connectivity index is 2.22. The summed E-state index contributed by atoms with van der Waals surface area (Å²) in [6, 6.07) is 21.6. The van der Waals surface area contributed by atoms with Crippen molar-refractivity contribution in [3.8, 4) is 5.75 Å². The number of ether oxygens (including phenoxy) is 1. The summed E-state index contributed by atoms with van der Waals surface area (Å²) in [7, 11) is 1.66. The Kier molecular flexibility index (Phi) is 2.86. The van der Waals surface area contributed by atoms with E-state index >= 15 is 0 Å². The minimum Gasteiger partial charge on any atom is -0.497 e. The van der Waals surface area contributed by atoms with Crippen LogP contribution in [0.2, 0.25) is 0 Å². The van der Waals surface area contributed by atoms with Gasteiger partial charge in [0.15, 0.2) is 0 Å². The van der Waals surface area contributed by atoms with Crippen molar-refractivity contribution in [1.29, 1.82) is 0 Å². The quantitative estimate of drug-likeness (QED) is 0.311. The first-order valence-corrected chi connectivity index (χ1v) is 8.12. The SMILES string of the molecule is COc1ccc2c(c1)c1ccccc1c1c(=O)oc3ccccc3c21. The van der Waals surface area contributed by atoms with Gasteiger partial charge in [0.1, 0.15) is 11.3 Å². The normalized spacial score (nSPS) is 11.6. The molecule has 0 atom stereocenters. The number of para-hydroxylation sites is 1. The minimum atomic E-state index is -0.303. The fraction of sp³-hybridized carbons (Fsp3) is 0.0455. The van der Waals surface area contributed by atoms with Crippen LogP contribution in [0.15, 0.2) is 75.9 Å². The molecule has 0 aliphatic rings. The molecule has 5 aromatic rings. The van der Waals surface area contributed by atoms with Gasteiger partial charge in [0.2, 0.25) is 0 Å². The van der Waals surface area contributed by atoms with Crippen LogP contribution in [0.1, 0.15) is 0 Å². The van der Waals surface area contributed by atoms with E-state index in [1.807, 2.05) is 66.7 Å². The molecule has 0 bridgehead atoms. The maximum absolute atomic E-state index is 12.8. The van der Waals surface area contributed by atoms with Crippen molar-refractivity contribution in [2.24, 2.45) is 0 Å². The molecule has 5 rings (SSSR count). The summed E-state index contributed by atoms with van der Waals surface area (Å²) in [5.41, 5.74) is 0.301. The van der Waals surface area contributed by atoms with Crippen LogP contribution < -0.4 is 10.4 Å². The fourth-order valence-electron chi connectivity index (χ4n) is 3.70. The molecule has 0 spiro atoms. The molecule has 0 radical (unpaired) electrons. The molecule has 0 amide bonds. The molecule has 0 saturated heterocycles. The van der Waals surface area contributed by atoms with Crippen molar-refractivity contribution >= 4 is 43.3 Å². The van der Waals surface area contributed by atoms with Gasteiger partial charge in [-0.3, -0.25) is 0 Å². The Labute approximate surface area is 143 Å². The number of methoxy groups -OCH3 is 1. The van der Waals surface area contributed by atoms with Gasteiger partial charge in [-0.05, 0) is 39.7 Å². The molecule has 0 N–H and O–H groups in total. The van der Waals surface area contributed by atoms with Crippen molar-refractivity contribution in [1.82, 2.24) is 0 Å². The van der Waals surface area contributed by atoms with Crippen LogP contribution >= 0.6 is 0 Å². The molecule has 120 valence electrons. The summed E-state index contributed by atoms with van der Waals surface area (Å²) < 4.78 is 11.0. The summed E-state index contributed by atoms with van der Waals surface area (Å²) in [6.07, 6.45) is 0. The maximum atomic E-state index is 12.8. The van der Waals surface area contributed by atoms with Crippen LogP contribution in [0, 0.1) is 0 Å². The van der Waals surface area contributed by atoms with Gasteiger partial charge in [0, 0.05) is 10.8 Å². The van der Waals surface area contributed by atoms with E-state index in [4.69, 9.17) is 9.15 Å². The first-order chi connectivity index (χ1) is 12.3. The Morgan fingerprint density at radius 1 is 0.720 bits per heavy atom. The molecular formula is C22H14O3. The van der Waals surface area contributed by atoms with Gasteiger partial charge >= 0.3 is 5.63 Å². The van der Waals surface area contributed by atoms with E-state index in [-0.39, 0.29) is 5.63 Å². The maximum Gasteiger partial charge on any atom is 0.344 e. The van der Waals surface area contributed by atoms with Crippen molar-refractivity contribution in [2.45, 2.75) is 0 Å². The van der Waals surface area contributed by atoms with E-state index in [0.717, 1.165) is 38.1 Å². The van der Waals surface area contributed by atoms with Gasteiger partial charge in [0.05, 0.1) is 12.5 Å². The Bertz CT molecular complexity index is 1350. The largest absolute Gasteiger partial charge is 0.497 e. The van der Waals surface area contributed by atoms with Gasteiger partial charge in [0.25, 0.3) is 0 Å². The Morgan fingerprint density at radius 3 is 2.20 bits per heavy atom. The number of benzene rings is 4. The van der Waals surface area contributed by atoms with Crippen LogP contribution in [-0.4, -0.2) is 7.11 Å². The van der Waals surface area contributed by atoms with Gasteiger partial charge in [-0.25, -0.2) is 4.79 Å². The summed E-state index contributed by atoms with van der Waals surface area (Å²) >= 11 is 0. The molecule has 3 nitrogen and oxygen atoms in total. The van der Waals surface area contributed by atoms with Crippen LogP contribution in [0.5, 0.6) is 5.75 Å². The zero-order valence-electron chi connectivity index (χ0n) is 13.6. The third-order valence-corrected chi connectivity index (χ3v) is 4.80. The topological polar surface area (TPSA) is 39.4 Å². The molecule has 0 unspecified atom stereocenters. The zero-order valence-corrected chi connectivity index (χ0v) is 13.6. The van der Waals surface area contributed by atoms with Crippen LogP contribution in [0.4, 0.5) is 0 Å². The molecule has 0 aliphatic heterocycles. The van der Waals surface area contributed by atoms with Gasteiger partial charge < -0.3 is 9.15 Å². The first-order valence-electron chi connectivity index (χ1n) is 8.12. The highest BCUT2D eigenvalue weighted by Gasteiger charge is 2.15. The summed E-state index contributed by atoms with van der Waals surface area (Å²) in [6.45, 7) is 0. The van der Waals surface area contributed by atoms with E-state index in [2.05, 4.69) is 0 Å². The Morgan fingerprint density at radius 2 is 1.40 bits per heavy atom. The second kappa shape index (κ2) is 5.08. The molecule has 0 fully saturated rings. The predicted octanol–water partition coefficient (Wildman–Crippen LogP) is 5.26. The molecule has 1 heterocycles. The lowest BCUT2D eigenvalue weighted by atomic mass is 9.93. The predicted molar refractivity (Wildman–Crippen MR) is 102 cm³/mol. The van der Waals surface area contributed by atoms with E-state index in [1.165, 1.54) is 0 Å². The molecular weight excluding hydrogens is 312 g/mol. The molecule has 3 heteroatoms. The highest BCUT2D eigenvalue weighted by molar-refractivity contribution is 6.30. The van der Waals surface area contributed by atoms with Crippen molar-refractivity contribution in [3.63, 3.8) is 0 Å². The third-order valence-electron chi connectivity index (χ3n) is 4.80. The van der Waals surface area contributed by atoms with E-state index < -0.39 is 0 Å². The second-order valence-electron chi connectivity index (χ2n) is 6.09. The second-order valence-corrected chi connectivity index (χ2v) is 6.09. The van der Waals surface area contributed by atoms with E-state index in [1.54, 1.807) is 7.11 Å². The Hall–Kier alpha value is -3.33. The van der Waals surface area contributed by atoms with Crippen molar-refractivity contribution in [3.05, 3.63) is 77.2 Å². The van der Waals surface area contributed by atoms with Gasteiger partial charge in [-0.15, -0.1) is 0 Å². The summed E-state index contributed by atoms with van der Waals surface area (Å²) in [5.74, 6) is 0.796. The van der Waals surface area contributed by atoms with Crippen LogP contribution in [0.3, 0.4) is 0 Å². The molecule has 0 saturated carbocycles. The number of hydrogen-bond acceptors (Lipinski definition) is 3. The standard InChI is InChI=1S/C22H14O3/c1-24-13-10-11-16-18(12-13)14-6-2-3-7-15(14)21-20(16)17-8-4-5-9-19(17)25-22(21)23/h2-12H,1H3. The van der Waals surface area contributed by atoms with Gasteiger partial charge in [-0.1, -0.05) is 48.5 Å². The zero-order chi connectivity index (χ0) is 17.0. The number of hydrogen-bond donors (Lipinski definition) is 0. The first kappa shape index (κ1) is 14.1. The molecule has 0 aliphatic carbocycles. The summed E-state index contributed by atoms with van der Waals surface area (Å²) in [5, 5.41) is 6.52.